The van der Waals surface area contributed by atoms with E-state index in [1.165, 1.54) is 5.56 Å². The van der Waals surface area contributed by atoms with Crippen LogP contribution in [0.15, 0.2) is 36.5 Å². The number of benzene rings is 2. The predicted octanol–water partition coefficient (Wildman–Crippen LogP) is 3.10. The van der Waals surface area contributed by atoms with Gasteiger partial charge in [0.2, 0.25) is 11.9 Å². The molecule has 41 heavy (non-hydrogen) atoms. The zero-order valence-electron chi connectivity index (χ0n) is 23.6. The number of morpholine rings is 1. The fourth-order valence-corrected chi connectivity index (χ4v) is 5.07. The summed E-state index contributed by atoms with van der Waals surface area (Å²) in [5, 5.41) is 8.94. The molecular formula is C29H36FN7O4. The number of carbonyl (C=O) groups excluding carboxylic acids is 1. The van der Waals surface area contributed by atoms with E-state index in [1.807, 2.05) is 30.3 Å². The molecule has 0 radical (unpaired) electrons. The van der Waals surface area contributed by atoms with E-state index in [-0.39, 0.29) is 17.7 Å². The van der Waals surface area contributed by atoms with Crippen LogP contribution in [0.25, 0.3) is 0 Å². The zero-order valence-corrected chi connectivity index (χ0v) is 23.6. The molecule has 0 unspecified atom stereocenters. The van der Waals surface area contributed by atoms with Crippen LogP contribution in [0, 0.1) is 5.82 Å². The van der Waals surface area contributed by atoms with Crippen molar-refractivity contribution in [3.05, 3.63) is 53.5 Å². The van der Waals surface area contributed by atoms with Gasteiger partial charge in [0, 0.05) is 45.0 Å². The lowest BCUT2D eigenvalue weighted by Gasteiger charge is -2.29. The summed E-state index contributed by atoms with van der Waals surface area (Å²) in [4.78, 5) is 24.8. The molecule has 0 atom stereocenters. The summed E-state index contributed by atoms with van der Waals surface area (Å²) in [7, 11) is 4.83. The largest absolute Gasteiger partial charge is 0.495 e. The molecule has 2 aromatic carbocycles. The van der Waals surface area contributed by atoms with Gasteiger partial charge in [-0.1, -0.05) is 0 Å². The Balaban J connectivity index is 1.34. The summed E-state index contributed by atoms with van der Waals surface area (Å²) >= 11 is 0. The number of ether oxygens (including phenoxy) is 3. The minimum absolute atomic E-state index is 0.000528. The smallest absolute Gasteiger partial charge is 0.233 e. The number of halogens is 1. The van der Waals surface area contributed by atoms with Crippen LogP contribution in [-0.2, 0) is 22.4 Å². The van der Waals surface area contributed by atoms with Crippen LogP contribution in [-0.4, -0.2) is 88.0 Å². The van der Waals surface area contributed by atoms with Crippen LogP contribution in [0.4, 0.5) is 33.2 Å². The fourth-order valence-electron chi connectivity index (χ4n) is 5.07. The second-order valence-electron chi connectivity index (χ2n) is 9.89. The molecule has 1 aromatic heterocycles. The molecule has 0 bridgehead atoms. The Morgan fingerprint density at radius 3 is 2.39 bits per heavy atom. The van der Waals surface area contributed by atoms with Gasteiger partial charge in [-0.05, 0) is 48.2 Å². The average Bonchev–Trinajstić information content (AvgIpc) is 3.20. The maximum Gasteiger partial charge on any atom is 0.233 e. The van der Waals surface area contributed by atoms with E-state index in [2.05, 4.69) is 35.7 Å². The van der Waals surface area contributed by atoms with Crippen molar-refractivity contribution in [1.82, 2.24) is 20.2 Å². The van der Waals surface area contributed by atoms with E-state index in [9.17, 15) is 9.18 Å². The minimum atomic E-state index is -0.597. The van der Waals surface area contributed by atoms with Crippen molar-refractivity contribution < 1.29 is 23.4 Å². The molecule has 1 fully saturated rings. The van der Waals surface area contributed by atoms with Crippen LogP contribution in [0.1, 0.15) is 11.1 Å². The molecule has 1 saturated heterocycles. The normalized spacial score (nSPS) is 15.5. The summed E-state index contributed by atoms with van der Waals surface area (Å²) in [5.41, 5.74) is 4.58. The van der Waals surface area contributed by atoms with Crippen LogP contribution >= 0.6 is 0 Å². The van der Waals surface area contributed by atoms with Gasteiger partial charge >= 0.3 is 0 Å². The van der Waals surface area contributed by atoms with Gasteiger partial charge in [0.05, 0.1) is 51.5 Å². The first-order chi connectivity index (χ1) is 20.0. The third kappa shape index (κ3) is 6.77. The number of nitrogens with one attached hydrogen (secondary N) is 3. The number of hydrogen-bond donors (Lipinski definition) is 3. The van der Waals surface area contributed by atoms with Gasteiger partial charge in [-0.25, -0.2) is 9.37 Å². The molecular weight excluding hydrogens is 529 g/mol. The van der Waals surface area contributed by atoms with E-state index < -0.39 is 5.82 Å². The molecule has 3 aromatic rings. The Kier molecular flexibility index (Phi) is 9.00. The number of hydrogen-bond acceptors (Lipinski definition) is 10. The number of nitrogens with zero attached hydrogens (tertiary/aromatic N) is 4. The van der Waals surface area contributed by atoms with Crippen LogP contribution < -0.4 is 30.3 Å². The first kappa shape index (κ1) is 28.4. The molecule has 11 nitrogen and oxygen atoms in total. The van der Waals surface area contributed by atoms with E-state index in [0.29, 0.717) is 42.6 Å². The van der Waals surface area contributed by atoms with Crippen molar-refractivity contribution >= 4 is 34.7 Å². The van der Waals surface area contributed by atoms with Crippen molar-refractivity contribution in [1.29, 1.82) is 0 Å². The monoisotopic (exact) mass is 565 g/mol. The predicted molar refractivity (Wildman–Crippen MR) is 155 cm³/mol. The third-order valence-electron chi connectivity index (χ3n) is 7.37. The molecule has 218 valence electrons. The van der Waals surface area contributed by atoms with E-state index in [0.717, 1.165) is 56.5 Å². The quantitative estimate of drug-likeness (QED) is 0.358. The Morgan fingerprint density at radius 1 is 0.976 bits per heavy atom. The van der Waals surface area contributed by atoms with Gasteiger partial charge in [-0.3, -0.25) is 9.69 Å². The molecule has 12 heteroatoms. The molecule has 0 spiro atoms. The lowest BCUT2D eigenvalue weighted by Crippen LogP contribution is -2.37. The van der Waals surface area contributed by atoms with Gasteiger partial charge in [0.15, 0.2) is 11.6 Å². The summed E-state index contributed by atoms with van der Waals surface area (Å²) in [6.45, 7) is 4.86. The molecule has 0 saturated carbocycles. The Morgan fingerprint density at radius 2 is 1.68 bits per heavy atom. The highest BCUT2D eigenvalue weighted by molar-refractivity contribution is 5.77. The number of rotatable bonds is 9. The number of amides is 1. The lowest BCUT2D eigenvalue weighted by atomic mass is 10.0. The van der Waals surface area contributed by atoms with Crippen LogP contribution in [0.5, 0.6) is 11.5 Å². The average molecular weight is 566 g/mol. The molecule has 1 amide bonds. The van der Waals surface area contributed by atoms with Crippen LogP contribution in [0.3, 0.4) is 0 Å². The summed E-state index contributed by atoms with van der Waals surface area (Å²) in [6.07, 6.45) is 2.71. The highest BCUT2D eigenvalue weighted by Crippen LogP contribution is 2.35. The van der Waals surface area contributed by atoms with Crippen molar-refractivity contribution in [2.75, 3.05) is 82.7 Å². The molecule has 0 aliphatic carbocycles. The number of fused-ring (bicyclic) bond motifs is 1. The van der Waals surface area contributed by atoms with E-state index in [1.54, 1.807) is 21.3 Å². The van der Waals surface area contributed by atoms with E-state index in [4.69, 9.17) is 14.2 Å². The number of aromatic nitrogens is 2. The molecule has 5 rings (SSSR count). The molecule has 3 N–H and O–H groups in total. The first-order valence-corrected chi connectivity index (χ1v) is 13.7. The maximum absolute atomic E-state index is 14.8. The van der Waals surface area contributed by atoms with Gasteiger partial charge in [0.1, 0.15) is 11.5 Å². The van der Waals surface area contributed by atoms with Gasteiger partial charge in [-0.2, -0.15) is 4.98 Å². The van der Waals surface area contributed by atoms with Crippen molar-refractivity contribution in [3.8, 4) is 11.5 Å². The number of anilines is 5. The second kappa shape index (κ2) is 13.0. The highest BCUT2D eigenvalue weighted by Gasteiger charge is 2.20. The lowest BCUT2D eigenvalue weighted by molar-refractivity contribution is -0.121. The maximum atomic E-state index is 14.8. The van der Waals surface area contributed by atoms with Crippen molar-refractivity contribution in [2.24, 2.45) is 0 Å². The molecule has 2 aliphatic heterocycles. The molecule has 2 aliphatic rings. The minimum Gasteiger partial charge on any atom is -0.495 e. The Hall–Kier alpha value is -4.16. The van der Waals surface area contributed by atoms with Gasteiger partial charge < -0.3 is 35.1 Å². The summed E-state index contributed by atoms with van der Waals surface area (Å²) < 4.78 is 31.5. The van der Waals surface area contributed by atoms with Gasteiger partial charge in [-0.15, -0.1) is 0 Å². The number of methoxy groups -OCH3 is 2. The SMILES string of the molecule is CNC(=O)CN1CCc2cc(Nc3ncc(F)c(Nc4ccc(N5CCOCC5)cc4OC)n3)c(OC)cc2CC1. The topological polar surface area (TPSA) is 113 Å². The Bertz CT molecular complexity index is 1380. The van der Waals surface area contributed by atoms with E-state index >= 15 is 0 Å². The Labute approximate surface area is 239 Å². The zero-order chi connectivity index (χ0) is 28.8. The highest BCUT2D eigenvalue weighted by atomic mass is 19.1. The number of carbonyl (C=O) groups is 1. The van der Waals surface area contributed by atoms with Gasteiger partial charge in [0.25, 0.3) is 0 Å². The molecule has 3 heterocycles. The van der Waals surface area contributed by atoms with Crippen LogP contribution in [0.2, 0.25) is 0 Å². The third-order valence-corrected chi connectivity index (χ3v) is 7.37. The summed E-state index contributed by atoms with van der Waals surface area (Å²) in [5.74, 6) is 0.828. The second-order valence-corrected chi connectivity index (χ2v) is 9.89. The van der Waals surface area contributed by atoms with Crippen molar-refractivity contribution in [3.63, 3.8) is 0 Å². The summed E-state index contributed by atoms with van der Waals surface area (Å²) in [6, 6.07) is 9.75. The standard InChI is InChI=1S/C29H36FN7O4/c1-31-27(38)18-36-8-6-19-14-24(25(39-2)15-20(19)7-9-36)34-29-32-17-22(30)28(35-29)33-23-5-4-21(16-26(23)40-3)37-10-12-41-13-11-37/h4-5,14-17H,6-13,18H2,1-3H3,(H,31,38)(H2,32,33,34,35). The first-order valence-electron chi connectivity index (χ1n) is 13.7. The number of likely N-dealkylation sites (N-methyl/N-ethyl adjacent to an activating group) is 1. The fraction of sp³-hybridized carbons (Fsp3) is 0.414. The van der Waals surface area contributed by atoms with Crippen molar-refractivity contribution in [2.45, 2.75) is 12.8 Å².